The van der Waals surface area contributed by atoms with Crippen LogP contribution in [-0.2, 0) is 4.79 Å². The van der Waals surface area contributed by atoms with Gasteiger partial charge in [-0.1, -0.05) is 30.3 Å². The second kappa shape index (κ2) is 11.2. The van der Waals surface area contributed by atoms with E-state index in [9.17, 15) is 22.4 Å². The van der Waals surface area contributed by atoms with Crippen LogP contribution in [0.15, 0.2) is 67.0 Å². The van der Waals surface area contributed by atoms with Gasteiger partial charge in [0.2, 0.25) is 23.3 Å². The largest absolute Gasteiger partial charge is 0.451 e. The van der Waals surface area contributed by atoms with Crippen molar-refractivity contribution >= 4 is 28.8 Å². The molecule has 1 fully saturated rings. The fraction of sp³-hybridized carbons (Fsp3) is 0.133. The molecule has 0 spiro atoms. The van der Waals surface area contributed by atoms with E-state index in [0.717, 1.165) is 17.7 Å². The molecule has 218 valence electrons. The topological polar surface area (TPSA) is 99.2 Å². The lowest BCUT2D eigenvalue weighted by Gasteiger charge is -2.15. The third-order valence-corrected chi connectivity index (χ3v) is 7.04. The molecule has 0 bridgehead atoms. The van der Waals surface area contributed by atoms with Crippen molar-refractivity contribution in [2.45, 2.75) is 12.5 Å². The molecule has 0 saturated carbocycles. The predicted octanol–water partition coefficient (Wildman–Crippen LogP) is 6.05. The summed E-state index contributed by atoms with van der Waals surface area (Å²) < 4.78 is 77.3. The molecule has 0 aliphatic carbocycles. The third-order valence-electron chi connectivity index (χ3n) is 7.04. The molecule has 1 aliphatic rings. The van der Waals surface area contributed by atoms with Crippen LogP contribution >= 0.6 is 0 Å². The number of likely N-dealkylation sites (tertiary alicyclic amines) is 1. The van der Waals surface area contributed by atoms with Crippen molar-refractivity contribution in [3.05, 3.63) is 102 Å². The van der Waals surface area contributed by atoms with Gasteiger partial charge >= 0.3 is 0 Å². The van der Waals surface area contributed by atoms with Crippen molar-refractivity contribution in [2.24, 2.45) is 0 Å². The van der Waals surface area contributed by atoms with Gasteiger partial charge in [-0.3, -0.25) is 4.79 Å². The molecule has 3 aromatic carbocycles. The minimum absolute atomic E-state index is 0.0297. The van der Waals surface area contributed by atoms with Gasteiger partial charge in [-0.15, -0.1) is 0 Å². The second-order valence-corrected chi connectivity index (χ2v) is 9.76. The quantitative estimate of drug-likeness (QED) is 0.146. The van der Waals surface area contributed by atoms with Gasteiger partial charge in [0.15, 0.2) is 17.3 Å². The van der Waals surface area contributed by atoms with E-state index in [1.54, 1.807) is 15.7 Å². The maximum Gasteiger partial charge on any atom is 0.246 e. The number of fused-ring (bicyclic) bond motifs is 1. The van der Waals surface area contributed by atoms with Gasteiger partial charge in [0.05, 0.1) is 11.4 Å². The van der Waals surface area contributed by atoms with Gasteiger partial charge in [-0.25, -0.2) is 27.8 Å². The number of nitrogens with two attached hydrogens (primary N) is 1. The van der Waals surface area contributed by atoms with Crippen LogP contribution in [0.4, 0.5) is 27.8 Å². The maximum absolute atomic E-state index is 15.4. The molecule has 1 atom stereocenters. The third kappa shape index (κ3) is 5.25. The lowest BCUT2D eigenvalue weighted by molar-refractivity contribution is -0.125. The predicted molar refractivity (Wildman–Crippen MR) is 147 cm³/mol. The second-order valence-electron chi connectivity index (χ2n) is 9.76. The van der Waals surface area contributed by atoms with Crippen LogP contribution < -0.4 is 10.5 Å². The number of nitrogens with zero attached hydrogens (tertiary/aromatic N) is 5. The average molecular weight is 593 g/mol. The number of anilines is 1. The zero-order valence-electron chi connectivity index (χ0n) is 22.1. The summed E-state index contributed by atoms with van der Waals surface area (Å²) >= 11 is 0. The zero-order chi connectivity index (χ0) is 30.2. The summed E-state index contributed by atoms with van der Waals surface area (Å²) in [5, 5.41) is 4.85. The summed E-state index contributed by atoms with van der Waals surface area (Å²) in [6.07, 6.45) is 5.02. The van der Waals surface area contributed by atoms with Crippen molar-refractivity contribution in [1.29, 1.82) is 0 Å². The molecule has 0 radical (unpaired) electrons. The maximum atomic E-state index is 15.4. The van der Waals surface area contributed by atoms with E-state index in [-0.39, 0.29) is 40.5 Å². The number of ether oxygens (including phenoxy) is 1. The first-order chi connectivity index (χ1) is 20.7. The summed E-state index contributed by atoms with van der Waals surface area (Å²) in [7, 11) is 0. The molecule has 2 N–H and O–H groups in total. The summed E-state index contributed by atoms with van der Waals surface area (Å²) in [6.45, 7) is 0.767. The van der Waals surface area contributed by atoms with Crippen LogP contribution in [0.25, 0.3) is 28.4 Å². The van der Waals surface area contributed by atoms with Crippen molar-refractivity contribution in [3.63, 3.8) is 0 Å². The Kier molecular flexibility index (Phi) is 7.22. The van der Waals surface area contributed by atoms with Crippen molar-refractivity contribution in [2.75, 3.05) is 18.8 Å². The van der Waals surface area contributed by atoms with Gasteiger partial charge in [0.25, 0.3) is 0 Å². The van der Waals surface area contributed by atoms with Crippen molar-refractivity contribution in [1.82, 2.24) is 24.6 Å². The molecular formula is C30H21F5N6O2. The molecule has 1 saturated heterocycles. The molecule has 3 heterocycles. The Labute approximate surface area is 240 Å². The average Bonchev–Trinajstić information content (AvgIpc) is 3.64. The van der Waals surface area contributed by atoms with Crippen molar-refractivity contribution < 1.29 is 31.5 Å². The Hall–Kier alpha value is -5.33. The normalized spacial score (nSPS) is 15.1. The van der Waals surface area contributed by atoms with E-state index in [4.69, 9.17) is 10.5 Å². The Bertz CT molecular complexity index is 1870. The molecule has 2 aromatic heterocycles. The summed E-state index contributed by atoms with van der Waals surface area (Å²) in [5.41, 5.74) is 7.36. The van der Waals surface area contributed by atoms with Crippen LogP contribution in [0.2, 0.25) is 0 Å². The fourth-order valence-corrected chi connectivity index (χ4v) is 4.93. The number of carbonyl (C=O) groups excluding carboxylic acids is 1. The summed E-state index contributed by atoms with van der Waals surface area (Å²) in [4.78, 5) is 22.8. The molecular weight excluding hydrogens is 571 g/mol. The first-order valence-electron chi connectivity index (χ1n) is 13.0. The van der Waals surface area contributed by atoms with E-state index in [1.807, 2.05) is 30.3 Å². The highest BCUT2D eigenvalue weighted by atomic mass is 19.2. The number of carbonyl (C=O) groups is 1. The number of benzene rings is 3. The smallest absolute Gasteiger partial charge is 0.246 e. The number of aromatic nitrogens is 4. The number of nitrogen functional groups attached to an aromatic ring is 1. The molecule has 1 amide bonds. The number of hydrogen-bond acceptors (Lipinski definition) is 6. The highest BCUT2D eigenvalue weighted by Crippen LogP contribution is 2.37. The van der Waals surface area contributed by atoms with E-state index in [0.29, 0.717) is 25.2 Å². The molecule has 13 heteroatoms. The highest BCUT2D eigenvalue weighted by molar-refractivity contribution is 5.98. The van der Waals surface area contributed by atoms with Crippen LogP contribution in [0.3, 0.4) is 0 Å². The first kappa shape index (κ1) is 27.8. The van der Waals surface area contributed by atoms with Crippen LogP contribution in [-0.4, -0.2) is 43.6 Å². The van der Waals surface area contributed by atoms with Crippen molar-refractivity contribution in [3.8, 4) is 22.8 Å². The summed E-state index contributed by atoms with van der Waals surface area (Å²) in [5.74, 6) is -9.72. The van der Waals surface area contributed by atoms with E-state index in [1.165, 1.54) is 18.5 Å². The first-order valence-corrected chi connectivity index (χ1v) is 13.0. The molecule has 8 nitrogen and oxygen atoms in total. The van der Waals surface area contributed by atoms with Gasteiger partial charge in [-0.2, -0.15) is 13.9 Å². The van der Waals surface area contributed by atoms with Crippen LogP contribution in [0, 0.1) is 29.1 Å². The number of rotatable bonds is 6. The highest BCUT2D eigenvalue weighted by Gasteiger charge is 2.31. The lowest BCUT2D eigenvalue weighted by atomic mass is 10.1. The summed E-state index contributed by atoms with van der Waals surface area (Å²) in [6, 6.07) is 12.3. The molecule has 43 heavy (non-hydrogen) atoms. The Morgan fingerprint density at radius 2 is 1.70 bits per heavy atom. The Morgan fingerprint density at radius 1 is 0.953 bits per heavy atom. The number of amides is 1. The SMILES string of the molecule is Nc1ncnc2c1c(-c1ccc(Oc3c(F)c(F)cc(F)c3F)cc1F)nn2C1CCN(C(=O)/C=C/c2ccccc2)C1. The minimum atomic E-state index is -1.77. The zero-order valence-corrected chi connectivity index (χ0v) is 22.1. The number of halogens is 5. The number of hydrogen-bond donors (Lipinski definition) is 1. The molecule has 1 unspecified atom stereocenters. The molecule has 1 aliphatic heterocycles. The fourth-order valence-electron chi connectivity index (χ4n) is 4.93. The molecule has 5 aromatic rings. The van der Waals surface area contributed by atoms with E-state index >= 15 is 4.39 Å². The standard InChI is InChI=1S/C30H21F5N6O2/c31-20-12-18(43-28-25(34)21(32)13-22(33)26(28)35)7-8-19(20)27-24-29(36)37-15-38-30(24)41(39-27)17-10-11-40(14-17)23(42)9-6-16-4-2-1-3-5-16/h1-9,12-13,15,17H,10-11,14H2,(H2,36,37,38)/b9-6+. The van der Waals surface area contributed by atoms with Gasteiger partial charge in [-0.05, 0) is 30.2 Å². The minimum Gasteiger partial charge on any atom is -0.451 e. The molecule has 6 rings (SSSR count). The van der Waals surface area contributed by atoms with Gasteiger partial charge in [0, 0.05) is 36.9 Å². The van der Waals surface area contributed by atoms with Crippen LogP contribution in [0.5, 0.6) is 11.5 Å². The van der Waals surface area contributed by atoms with E-state index in [2.05, 4.69) is 15.1 Å². The van der Waals surface area contributed by atoms with Gasteiger partial charge < -0.3 is 15.4 Å². The Morgan fingerprint density at radius 3 is 2.42 bits per heavy atom. The Balaban J connectivity index is 1.29. The van der Waals surface area contributed by atoms with Gasteiger partial charge in [0.1, 0.15) is 29.4 Å². The monoisotopic (exact) mass is 592 g/mol. The lowest BCUT2D eigenvalue weighted by Crippen LogP contribution is -2.27. The van der Waals surface area contributed by atoms with Crippen LogP contribution in [0.1, 0.15) is 18.0 Å². The van der Waals surface area contributed by atoms with E-state index < -0.39 is 40.6 Å².